The second-order valence-corrected chi connectivity index (χ2v) is 9.14. The Kier molecular flexibility index (Phi) is 7.94. The number of thiophene rings is 1. The Hall–Kier alpha value is -1.14. The van der Waals surface area contributed by atoms with Gasteiger partial charge in [-0.1, -0.05) is 23.7 Å². The number of nitrogens with zero attached hydrogens (tertiary/aromatic N) is 1. The number of anilines is 1. The summed E-state index contributed by atoms with van der Waals surface area (Å²) in [7, 11) is 0. The Balaban J connectivity index is 1.59. The summed E-state index contributed by atoms with van der Waals surface area (Å²) in [5.41, 5.74) is 2.03. The Labute approximate surface area is 177 Å². The molecule has 27 heavy (non-hydrogen) atoms. The van der Waals surface area contributed by atoms with E-state index < -0.39 is 0 Å². The lowest BCUT2D eigenvalue weighted by atomic mass is 10.1. The molecule has 3 rings (SSSR count). The molecule has 2 N–H and O–H groups in total. The molecule has 1 fully saturated rings. The van der Waals surface area contributed by atoms with Crippen molar-refractivity contribution in [2.75, 3.05) is 31.5 Å². The molecule has 0 unspecified atom stereocenters. The number of likely N-dealkylation sites (tertiary alicyclic amines) is 1. The van der Waals surface area contributed by atoms with E-state index in [0.29, 0.717) is 0 Å². The van der Waals surface area contributed by atoms with Gasteiger partial charge in [0.1, 0.15) is 0 Å². The van der Waals surface area contributed by atoms with Crippen LogP contribution in [-0.2, 0) is 6.54 Å². The summed E-state index contributed by atoms with van der Waals surface area (Å²) in [4.78, 5) is 5.38. The predicted octanol–water partition coefficient (Wildman–Crippen LogP) is 4.37. The van der Waals surface area contributed by atoms with Gasteiger partial charge in [0.2, 0.25) is 0 Å². The highest BCUT2D eigenvalue weighted by molar-refractivity contribution is 7.80. The van der Waals surface area contributed by atoms with Crippen LogP contribution in [0.4, 0.5) is 5.69 Å². The van der Waals surface area contributed by atoms with E-state index in [1.165, 1.54) is 43.8 Å². The first-order valence-corrected chi connectivity index (χ1v) is 11.5. The Bertz CT molecular complexity index is 727. The van der Waals surface area contributed by atoms with Gasteiger partial charge < -0.3 is 15.1 Å². The fourth-order valence-electron chi connectivity index (χ4n) is 3.54. The summed E-state index contributed by atoms with van der Waals surface area (Å²) in [6.07, 6.45) is 5.32. The van der Waals surface area contributed by atoms with E-state index in [0.717, 1.165) is 40.9 Å². The Morgan fingerprint density at radius 1 is 1.26 bits per heavy atom. The third-order valence-corrected chi connectivity index (χ3v) is 6.78. The van der Waals surface area contributed by atoms with Gasteiger partial charge in [0.05, 0.1) is 26.2 Å². The first-order valence-electron chi connectivity index (χ1n) is 9.80. The highest BCUT2D eigenvalue weighted by atomic mass is 35.5. The normalized spacial score (nSPS) is 14.9. The average molecular weight is 423 g/mol. The topological polar surface area (TPSA) is 19.7 Å². The van der Waals surface area contributed by atoms with Crippen LogP contribution < -0.4 is 10.2 Å². The van der Waals surface area contributed by atoms with Gasteiger partial charge in [-0.25, -0.2) is 0 Å². The molecule has 2 aromatic rings. The molecule has 0 aliphatic carbocycles. The molecule has 0 bridgehead atoms. The SMILES string of the molecule is Cc1ccc(NC(=S)N(CCC[NH+]2CCCCC2)Cc2cccs2)cc1Cl. The van der Waals surface area contributed by atoms with Gasteiger partial charge in [0.25, 0.3) is 0 Å². The second-order valence-electron chi connectivity index (χ2n) is 7.31. The van der Waals surface area contributed by atoms with Gasteiger partial charge in [-0.3, -0.25) is 0 Å². The maximum atomic E-state index is 6.26. The van der Waals surface area contributed by atoms with Gasteiger partial charge in [0, 0.05) is 28.6 Å². The first kappa shape index (κ1) is 20.6. The molecule has 146 valence electrons. The van der Waals surface area contributed by atoms with Crippen molar-refractivity contribution in [2.45, 2.75) is 39.2 Å². The molecule has 0 radical (unpaired) electrons. The van der Waals surface area contributed by atoms with Crippen molar-refractivity contribution in [3.8, 4) is 0 Å². The van der Waals surface area contributed by atoms with E-state index in [1.807, 2.05) is 25.1 Å². The van der Waals surface area contributed by atoms with Crippen molar-refractivity contribution in [3.05, 3.63) is 51.2 Å². The van der Waals surface area contributed by atoms with Crippen molar-refractivity contribution in [1.82, 2.24) is 4.90 Å². The number of rotatable bonds is 7. The number of hydrogen-bond acceptors (Lipinski definition) is 2. The standard InChI is InChI=1S/C21H28ClN3S2/c1-17-8-9-18(15-20(17)22)23-21(26)25(16-19-7-5-14-27-19)13-6-12-24-10-3-2-4-11-24/h5,7-9,14-15H,2-4,6,10-13,16H2,1H3,(H,23,26)/p+1. The minimum Gasteiger partial charge on any atom is -0.344 e. The minimum absolute atomic E-state index is 0.765. The molecule has 0 amide bonds. The molecule has 1 aliphatic heterocycles. The molecule has 1 saturated heterocycles. The first-order chi connectivity index (χ1) is 13.1. The van der Waals surface area contributed by atoms with Crippen molar-refractivity contribution < 1.29 is 4.90 Å². The number of quaternary nitrogens is 1. The Morgan fingerprint density at radius 3 is 2.78 bits per heavy atom. The zero-order valence-corrected chi connectivity index (χ0v) is 18.4. The number of aryl methyl sites for hydroxylation is 1. The Morgan fingerprint density at radius 2 is 2.07 bits per heavy atom. The minimum atomic E-state index is 0.765. The maximum Gasteiger partial charge on any atom is 0.173 e. The van der Waals surface area contributed by atoms with Crippen LogP contribution in [0.25, 0.3) is 0 Å². The molecule has 1 aromatic heterocycles. The number of thiocarbonyl (C=S) groups is 1. The van der Waals surface area contributed by atoms with Crippen LogP contribution in [0.2, 0.25) is 5.02 Å². The largest absolute Gasteiger partial charge is 0.344 e. The zero-order valence-electron chi connectivity index (χ0n) is 16.0. The third kappa shape index (κ3) is 6.46. The smallest absolute Gasteiger partial charge is 0.173 e. The second kappa shape index (κ2) is 10.4. The molecule has 2 heterocycles. The fraction of sp³-hybridized carbons (Fsp3) is 0.476. The maximum absolute atomic E-state index is 6.26. The predicted molar refractivity (Wildman–Crippen MR) is 121 cm³/mol. The monoisotopic (exact) mass is 422 g/mol. The van der Waals surface area contributed by atoms with E-state index in [1.54, 1.807) is 16.2 Å². The van der Waals surface area contributed by atoms with E-state index in [4.69, 9.17) is 23.8 Å². The van der Waals surface area contributed by atoms with Crippen LogP contribution in [-0.4, -0.2) is 36.2 Å². The van der Waals surface area contributed by atoms with Crippen molar-refractivity contribution in [2.24, 2.45) is 0 Å². The quantitative estimate of drug-likeness (QED) is 0.646. The van der Waals surface area contributed by atoms with Crippen molar-refractivity contribution >= 4 is 46.0 Å². The van der Waals surface area contributed by atoms with Crippen LogP contribution in [0.3, 0.4) is 0 Å². The molecule has 0 atom stereocenters. The molecular formula is C21H29ClN3S2+. The highest BCUT2D eigenvalue weighted by Crippen LogP contribution is 2.21. The summed E-state index contributed by atoms with van der Waals surface area (Å²) in [6, 6.07) is 10.3. The molecule has 3 nitrogen and oxygen atoms in total. The lowest BCUT2D eigenvalue weighted by Crippen LogP contribution is -3.12. The van der Waals surface area contributed by atoms with Gasteiger partial charge in [-0.05, 0) is 67.5 Å². The fourth-order valence-corrected chi connectivity index (χ4v) is 4.71. The third-order valence-electron chi connectivity index (χ3n) is 5.16. The summed E-state index contributed by atoms with van der Waals surface area (Å²) < 4.78 is 0. The van der Waals surface area contributed by atoms with Crippen LogP contribution in [0.1, 0.15) is 36.1 Å². The van der Waals surface area contributed by atoms with Crippen molar-refractivity contribution in [3.63, 3.8) is 0 Å². The summed E-state index contributed by atoms with van der Waals surface area (Å²) in [5.74, 6) is 0. The van der Waals surface area contributed by atoms with Gasteiger partial charge in [-0.15, -0.1) is 11.3 Å². The number of nitrogens with one attached hydrogen (secondary N) is 2. The van der Waals surface area contributed by atoms with E-state index in [9.17, 15) is 0 Å². The number of hydrogen-bond donors (Lipinski definition) is 2. The number of piperidine rings is 1. The van der Waals surface area contributed by atoms with E-state index >= 15 is 0 Å². The summed E-state index contributed by atoms with van der Waals surface area (Å²) in [6.45, 7) is 7.74. The van der Waals surface area contributed by atoms with Crippen molar-refractivity contribution in [1.29, 1.82) is 0 Å². The zero-order chi connectivity index (χ0) is 19.1. The molecular weight excluding hydrogens is 394 g/mol. The number of benzene rings is 1. The van der Waals surface area contributed by atoms with Crippen LogP contribution >= 0.6 is 35.2 Å². The average Bonchev–Trinajstić information content (AvgIpc) is 3.18. The lowest BCUT2D eigenvalue weighted by molar-refractivity contribution is -0.905. The number of halogens is 1. The van der Waals surface area contributed by atoms with Crippen LogP contribution in [0, 0.1) is 6.92 Å². The highest BCUT2D eigenvalue weighted by Gasteiger charge is 2.16. The summed E-state index contributed by atoms with van der Waals surface area (Å²) >= 11 is 13.8. The van der Waals surface area contributed by atoms with E-state index in [-0.39, 0.29) is 0 Å². The van der Waals surface area contributed by atoms with Crippen LogP contribution in [0.15, 0.2) is 35.7 Å². The van der Waals surface area contributed by atoms with Gasteiger partial charge >= 0.3 is 0 Å². The molecule has 0 saturated carbocycles. The van der Waals surface area contributed by atoms with Crippen LogP contribution in [0.5, 0.6) is 0 Å². The van der Waals surface area contributed by atoms with Gasteiger partial charge in [0.15, 0.2) is 5.11 Å². The molecule has 1 aromatic carbocycles. The molecule has 6 heteroatoms. The molecule has 0 spiro atoms. The lowest BCUT2D eigenvalue weighted by Gasteiger charge is -2.28. The summed E-state index contributed by atoms with van der Waals surface area (Å²) in [5, 5.41) is 7.05. The molecule has 1 aliphatic rings. The van der Waals surface area contributed by atoms with Gasteiger partial charge in [-0.2, -0.15) is 0 Å². The van der Waals surface area contributed by atoms with E-state index in [2.05, 4.69) is 27.7 Å².